The van der Waals surface area contributed by atoms with Crippen LogP contribution in [0.2, 0.25) is 0 Å². The molecular weight excluding hydrogens is 466 g/mol. The fourth-order valence-corrected chi connectivity index (χ4v) is 2.63. The molecule has 1 heterocycles. The van der Waals surface area contributed by atoms with Crippen LogP contribution in [0.3, 0.4) is 0 Å². The third-order valence-corrected chi connectivity index (χ3v) is 4.17. The zero-order valence-electron chi connectivity index (χ0n) is 15.8. The van der Waals surface area contributed by atoms with Crippen LogP contribution in [0.25, 0.3) is 22.3 Å². The number of hydrogen-bond donors (Lipinski definition) is 4. The topological polar surface area (TPSA) is 129 Å². The Bertz CT molecular complexity index is 1330. The molecule has 0 aliphatic rings. The Morgan fingerprint density at radius 2 is 1.39 bits per heavy atom. The number of carbonyl (C=O) groups is 2. The predicted molar refractivity (Wildman–Crippen MR) is 101 cm³/mol. The van der Waals surface area contributed by atoms with E-state index in [0.717, 1.165) is 30.3 Å². The zero-order valence-corrected chi connectivity index (χ0v) is 15.8. The molecule has 14 heteroatoms. The van der Waals surface area contributed by atoms with Crippen molar-refractivity contribution in [1.29, 1.82) is 0 Å². The van der Waals surface area contributed by atoms with Crippen molar-refractivity contribution in [3.63, 3.8) is 0 Å². The summed E-state index contributed by atoms with van der Waals surface area (Å²) in [6, 6.07) is 5.41. The number of amides is 2. The maximum Gasteiger partial charge on any atom is 0.471 e. The molecule has 0 spiro atoms. The summed E-state index contributed by atoms with van der Waals surface area (Å²) in [5, 5.41) is 22.0. The molecule has 0 fully saturated rings. The molecule has 0 atom stereocenters. The van der Waals surface area contributed by atoms with Crippen LogP contribution >= 0.6 is 0 Å². The average molecular weight is 476 g/mol. The van der Waals surface area contributed by atoms with Crippen molar-refractivity contribution in [2.24, 2.45) is 0 Å². The Hall–Kier alpha value is -4.23. The summed E-state index contributed by atoms with van der Waals surface area (Å²) in [5.41, 5.74) is -3.17. The van der Waals surface area contributed by atoms with Gasteiger partial charge in [0.1, 0.15) is 5.76 Å². The number of carbonyl (C=O) groups excluding carboxylic acids is 2. The van der Waals surface area contributed by atoms with Crippen molar-refractivity contribution < 1.29 is 50.6 Å². The van der Waals surface area contributed by atoms with Gasteiger partial charge in [-0.2, -0.15) is 26.3 Å². The molecule has 3 aromatic rings. The quantitative estimate of drug-likeness (QED) is 0.336. The third kappa shape index (κ3) is 4.83. The highest BCUT2D eigenvalue weighted by atomic mass is 19.4. The summed E-state index contributed by atoms with van der Waals surface area (Å²) in [5.74, 6) is -6.91. The van der Waals surface area contributed by atoms with Gasteiger partial charge in [0.05, 0.1) is 16.8 Å². The molecular formula is C19H10F6N2O6. The van der Waals surface area contributed by atoms with E-state index < -0.39 is 58.1 Å². The van der Waals surface area contributed by atoms with Gasteiger partial charge in [0.2, 0.25) is 5.75 Å². The highest BCUT2D eigenvalue weighted by Crippen LogP contribution is 2.36. The minimum absolute atomic E-state index is 0.159. The molecule has 2 amide bonds. The van der Waals surface area contributed by atoms with Crippen LogP contribution in [0.1, 0.15) is 0 Å². The smallest absolute Gasteiger partial charge is 0.471 e. The van der Waals surface area contributed by atoms with Crippen LogP contribution in [0.5, 0.6) is 11.5 Å². The summed E-state index contributed by atoms with van der Waals surface area (Å²) in [7, 11) is 0. The van der Waals surface area contributed by atoms with Gasteiger partial charge in [-0.05, 0) is 30.3 Å². The number of phenolic OH excluding ortho intramolecular Hbond substituents is 2. The molecule has 0 aliphatic heterocycles. The summed E-state index contributed by atoms with van der Waals surface area (Å²) >= 11 is 0. The second-order valence-corrected chi connectivity index (χ2v) is 6.45. The number of rotatable bonds is 3. The molecule has 1 aromatic heterocycles. The number of alkyl halides is 6. The number of aromatic hydroxyl groups is 2. The molecule has 0 aliphatic carbocycles. The van der Waals surface area contributed by atoms with Gasteiger partial charge >= 0.3 is 24.2 Å². The largest absolute Gasteiger partial charge is 0.504 e. The van der Waals surface area contributed by atoms with Gasteiger partial charge in [-0.3, -0.25) is 14.4 Å². The highest BCUT2D eigenvalue weighted by molar-refractivity contribution is 6.03. The molecule has 174 valence electrons. The van der Waals surface area contributed by atoms with Crippen LogP contribution < -0.4 is 16.1 Å². The lowest BCUT2D eigenvalue weighted by Gasteiger charge is -2.16. The molecule has 4 N–H and O–H groups in total. The first-order chi connectivity index (χ1) is 15.2. The van der Waals surface area contributed by atoms with E-state index in [4.69, 9.17) is 4.42 Å². The van der Waals surface area contributed by atoms with Crippen molar-refractivity contribution in [3.8, 4) is 22.8 Å². The first-order valence-corrected chi connectivity index (χ1v) is 8.58. The summed E-state index contributed by atoms with van der Waals surface area (Å²) in [6.07, 6.45) is -10.8. The Morgan fingerprint density at radius 3 is 1.97 bits per heavy atom. The first kappa shape index (κ1) is 23.4. The number of nitrogens with one attached hydrogen (secondary N) is 2. The molecule has 2 aromatic carbocycles. The third-order valence-electron chi connectivity index (χ3n) is 4.17. The van der Waals surface area contributed by atoms with Crippen molar-refractivity contribution in [2.45, 2.75) is 12.4 Å². The second kappa shape index (κ2) is 8.03. The van der Waals surface area contributed by atoms with Gasteiger partial charge in [0.15, 0.2) is 16.8 Å². The first-order valence-electron chi connectivity index (χ1n) is 8.58. The van der Waals surface area contributed by atoms with Gasteiger partial charge in [0, 0.05) is 11.6 Å². The molecule has 0 saturated carbocycles. The van der Waals surface area contributed by atoms with Crippen LogP contribution in [0.15, 0.2) is 45.6 Å². The predicted octanol–water partition coefficient (Wildman–Crippen LogP) is 3.87. The number of hydrogen-bond acceptors (Lipinski definition) is 6. The lowest BCUT2D eigenvalue weighted by atomic mass is 10.1. The highest BCUT2D eigenvalue weighted by Gasteiger charge is 2.41. The zero-order chi connectivity index (χ0) is 24.7. The number of fused-ring (bicyclic) bond motifs is 1. The molecule has 0 unspecified atom stereocenters. The fraction of sp³-hybridized carbons (Fsp3) is 0.105. The number of benzene rings is 2. The molecule has 0 bridgehead atoms. The van der Waals surface area contributed by atoms with Crippen molar-refractivity contribution in [2.75, 3.05) is 10.6 Å². The standard InChI is InChI=1S/C19H10F6N2O6/c20-18(21,22)16(31)26-9-3-1-7(5-10(9)27-17(32)19(23,24)25)13-6-12(29)8-2-4-11(28)14(30)15(8)33-13/h1-6,28,30H,(H,26,31)(H,27,32). The molecule has 0 radical (unpaired) electrons. The maximum absolute atomic E-state index is 12.7. The fourth-order valence-electron chi connectivity index (χ4n) is 2.63. The Kier molecular flexibility index (Phi) is 5.71. The van der Waals surface area contributed by atoms with E-state index >= 15 is 0 Å². The Labute approximate surface area is 178 Å². The van der Waals surface area contributed by atoms with Gasteiger partial charge in [0.25, 0.3) is 0 Å². The van der Waals surface area contributed by atoms with Crippen molar-refractivity contribution in [1.82, 2.24) is 0 Å². The van der Waals surface area contributed by atoms with Crippen LogP contribution in [0, 0.1) is 0 Å². The molecule has 0 saturated heterocycles. The van der Waals surface area contributed by atoms with Gasteiger partial charge < -0.3 is 25.3 Å². The normalized spacial score (nSPS) is 11.9. The Morgan fingerprint density at radius 1 is 0.818 bits per heavy atom. The van der Waals surface area contributed by atoms with Crippen LogP contribution in [-0.4, -0.2) is 34.4 Å². The monoisotopic (exact) mass is 476 g/mol. The van der Waals surface area contributed by atoms with E-state index in [-0.39, 0.29) is 16.7 Å². The lowest BCUT2D eigenvalue weighted by molar-refractivity contribution is -0.167. The Balaban J connectivity index is 2.14. The number of anilines is 2. The van der Waals surface area contributed by atoms with Gasteiger partial charge in [-0.1, -0.05) is 0 Å². The SMILES string of the molecule is O=C(Nc1ccc(-c2cc(=O)c3ccc(O)c(O)c3o2)cc1NC(=O)C(F)(F)F)C(F)(F)F. The van der Waals surface area contributed by atoms with E-state index in [1.54, 1.807) is 0 Å². The van der Waals surface area contributed by atoms with E-state index in [2.05, 4.69) is 0 Å². The summed E-state index contributed by atoms with van der Waals surface area (Å²) < 4.78 is 81.0. The lowest BCUT2D eigenvalue weighted by Crippen LogP contribution is -2.32. The maximum atomic E-state index is 12.7. The van der Waals surface area contributed by atoms with Gasteiger partial charge in [-0.15, -0.1) is 0 Å². The minimum Gasteiger partial charge on any atom is -0.504 e. The number of halogens is 6. The van der Waals surface area contributed by atoms with E-state index in [1.807, 2.05) is 0 Å². The number of phenols is 2. The summed E-state index contributed by atoms with van der Waals surface area (Å²) in [4.78, 5) is 34.8. The second-order valence-electron chi connectivity index (χ2n) is 6.45. The van der Waals surface area contributed by atoms with Crippen LogP contribution in [-0.2, 0) is 9.59 Å². The van der Waals surface area contributed by atoms with Crippen molar-refractivity contribution in [3.05, 3.63) is 46.6 Å². The van der Waals surface area contributed by atoms with E-state index in [0.29, 0.717) is 6.07 Å². The minimum atomic E-state index is -5.42. The van der Waals surface area contributed by atoms with E-state index in [1.165, 1.54) is 10.6 Å². The van der Waals surface area contributed by atoms with Gasteiger partial charge in [-0.25, -0.2) is 0 Å². The van der Waals surface area contributed by atoms with E-state index in [9.17, 15) is 50.9 Å². The summed E-state index contributed by atoms with van der Waals surface area (Å²) in [6.45, 7) is 0. The molecule has 33 heavy (non-hydrogen) atoms. The average Bonchev–Trinajstić information content (AvgIpc) is 2.70. The molecule has 3 rings (SSSR count). The molecule has 8 nitrogen and oxygen atoms in total. The van der Waals surface area contributed by atoms with Crippen LogP contribution in [0.4, 0.5) is 37.7 Å². The van der Waals surface area contributed by atoms with Crippen molar-refractivity contribution >= 4 is 34.2 Å².